The van der Waals surface area contributed by atoms with Crippen LogP contribution in [0.2, 0.25) is 0 Å². The molecule has 0 aliphatic carbocycles. The fourth-order valence-corrected chi connectivity index (χ4v) is 2.69. The zero-order valence-corrected chi connectivity index (χ0v) is 18.9. The maximum atomic E-state index is 11.5. The maximum Gasteiger partial charge on any atom is 0.305 e. The van der Waals surface area contributed by atoms with Crippen molar-refractivity contribution in [3.63, 3.8) is 0 Å². The van der Waals surface area contributed by atoms with Gasteiger partial charge in [-0.1, -0.05) is 38.5 Å². The van der Waals surface area contributed by atoms with Crippen molar-refractivity contribution >= 4 is 11.9 Å². The largest absolute Gasteiger partial charge is 0.503 e. The molecular weight excluding hydrogens is 400 g/mol. The van der Waals surface area contributed by atoms with Gasteiger partial charge in [0.2, 0.25) is 0 Å². The van der Waals surface area contributed by atoms with E-state index in [0.717, 1.165) is 5.75 Å². The molecule has 0 radical (unpaired) electrons. The summed E-state index contributed by atoms with van der Waals surface area (Å²) >= 11 is 0. The number of benzene rings is 1. The van der Waals surface area contributed by atoms with Gasteiger partial charge >= 0.3 is 5.97 Å². The number of carbonyl (C=O) groups is 2. The Morgan fingerprint density at radius 3 is 2.23 bits per heavy atom. The number of esters is 1. The minimum Gasteiger partial charge on any atom is -0.503 e. The lowest BCUT2D eigenvalue weighted by atomic mass is 10.0. The number of carbonyl (C=O) groups excluding carboxylic acids is 2. The van der Waals surface area contributed by atoms with E-state index in [0.29, 0.717) is 6.42 Å². The van der Waals surface area contributed by atoms with Gasteiger partial charge in [0.15, 0.2) is 17.2 Å². The highest BCUT2D eigenvalue weighted by Gasteiger charge is 2.26. The number of ether oxygens (including phenoxy) is 3. The molecule has 0 aliphatic rings. The molecule has 1 heterocycles. The van der Waals surface area contributed by atoms with Crippen molar-refractivity contribution in [2.24, 2.45) is 11.7 Å². The fourth-order valence-electron chi connectivity index (χ4n) is 2.69. The third-order valence-electron chi connectivity index (χ3n) is 4.36. The van der Waals surface area contributed by atoms with Crippen LogP contribution < -0.4 is 15.2 Å². The van der Waals surface area contributed by atoms with Gasteiger partial charge in [-0.3, -0.25) is 9.59 Å². The molecule has 31 heavy (non-hydrogen) atoms. The Morgan fingerprint density at radius 1 is 1.13 bits per heavy atom. The number of methoxy groups -OCH3 is 1. The van der Waals surface area contributed by atoms with Crippen LogP contribution >= 0.6 is 0 Å². The van der Waals surface area contributed by atoms with E-state index in [-0.39, 0.29) is 41.3 Å². The van der Waals surface area contributed by atoms with Crippen LogP contribution in [-0.2, 0) is 9.53 Å². The molecule has 1 amide bonds. The number of aryl methyl sites for hydroxylation is 1. The van der Waals surface area contributed by atoms with Crippen molar-refractivity contribution < 1.29 is 28.9 Å². The number of hydrogen-bond donors (Lipinski definition) is 2. The Bertz CT molecular complexity index is 852. The number of primary amides is 1. The number of rotatable bonds is 8. The molecule has 1 aromatic carbocycles. The van der Waals surface area contributed by atoms with Crippen LogP contribution in [-0.4, -0.2) is 41.3 Å². The van der Waals surface area contributed by atoms with Crippen molar-refractivity contribution in [3.05, 3.63) is 47.8 Å². The molecule has 0 saturated carbocycles. The van der Waals surface area contributed by atoms with E-state index < -0.39 is 5.91 Å². The first-order valence-electron chi connectivity index (χ1n) is 10.0. The Morgan fingerprint density at radius 2 is 1.74 bits per heavy atom. The molecular formula is C23H32N2O6. The summed E-state index contributed by atoms with van der Waals surface area (Å²) in [7, 11) is 1.37. The van der Waals surface area contributed by atoms with Crippen LogP contribution in [0.25, 0.3) is 0 Å². The van der Waals surface area contributed by atoms with Gasteiger partial charge in [-0.05, 0) is 31.9 Å². The van der Waals surface area contributed by atoms with Gasteiger partial charge < -0.3 is 25.1 Å². The molecule has 0 bridgehead atoms. The number of aromatic nitrogens is 1. The van der Waals surface area contributed by atoms with Crippen LogP contribution in [0.4, 0.5) is 0 Å². The summed E-state index contributed by atoms with van der Waals surface area (Å²) in [5.41, 5.74) is 5.93. The Kier molecular flexibility index (Phi) is 10.3. The summed E-state index contributed by atoms with van der Waals surface area (Å²) < 4.78 is 16.1. The van der Waals surface area contributed by atoms with Crippen LogP contribution in [0.15, 0.2) is 36.5 Å². The van der Waals surface area contributed by atoms with Gasteiger partial charge in [0.05, 0.1) is 7.11 Å². The van der Waals surface area contributed by atoms with Crippen molar-refractivity contribution in [1.29, 1.82) is 0 Å². The van der Waals surface area contributed by atoms with Crippen LogP contribution in [0.3, 0.4) is 0 Å². The average Bonchev–Trinajstić information content (AvgIpc) is 2.73. The lowest BCUT2D eigenvalue weighted by Crippen LogP contribution is -2.37. The SMILES string of the molecule is CCC(=O)OC(C(C)C)C(C)Oc1ccc(C)cc1.COc1ccnc(C(N)=O)c1O. The van der Waals surface area contributed by atoms with E-state index >= 15 is 0 Å². The molecule has 170 valence electrons. The first-order valence-corrected chi connectivity index (χ1v) is 10.0. The molecule has 0 aliphatic heterocycles. The molecule has 2 atom stereocenters. The van der Waals surface area contributed by atoms with Crippen molar-refractivity contribution in [3.8, 4) is 17.2 Å². The Labute approximate surface area is 183 Å². The van der Waals surface area contributed by atoms with E-state index in [9.17, 15) is 14.7 Å². The predicted molar refractivity (Wildman–Crippen MR) is 117 cm³/mol. The van der Waals surface area contributed by atoms with Crippen molar-refractivity contribution in [2.75, 3.05) is 7.11 Å². The van der Waals surface area contributed by atoms with E-state index in [1.807, 2.05) is 52.0 Å². The minimum atomic E-state index is -0.786. The summed E-state index contributed by atoms with van der Waals surface area (Å²) in [6.07, 6.45) is 1.33. The Balaban J connectivity index is 0.000000343. The highest BCUT2D eigenvalue weighted by molar-refractivity contribution is 5.94. The monoisotopic (exact) mass is 432 g/mol. The summed E-state index contributed by atoms with van der Waals surface area (Å²) in [5, 5.41) is 9.27. The topological polar surface area (TPSA) is 121 Å². The number of amides is 1. The summed E-state index contributed by atoms with van der Waals surface area (Å²) in [6.45, 7) is 9.83. The number of pyridine rings is 1. The zero-order chi connectivity index (χ0) is 23.6. The summed E-state index contributed by atoms with van der Waals surface area (Å²) in [6, 6.07) is 9.31. The number of nitrogens with two attached hydrogens (primary N) is 1. The second-order valence-corrected chi connectivity index (χ2v) is 7.26. The lowest BCUT2D eigenvalue weighted by Gasteiger charge is -2.27. The van der Waals surface area contributed by atoms with Crippen LogP contribution in [0, 0.1) is 12.8 Å². The highest BCUT2D eigenvalue weighted by atomic mass is 16.6. The zero-order valence-electron chi connectivity index (χ0n) is 18.9. The molecule has 1 aromatic heterocycles. The maximum absolute atomic E-state index is 11.5. The van der Waals surface area contributed by atoms with E-state index in [1.54, 1.807) is 6.92 Å². The van der Waals surface area contributed by atoms with Gasteiger partial charge in [-0.2, -0.15) is 0 Å². The second kappa shape index (κ2) is 12.4. The quantitative estimate of drug-likeness (QED) is 0.611. The minimum absolute atomic E-state index is 0.168. The number of nitrogens with zero attached hydrogens (tertiary/aromatic N) is 1. The normalized spacial score (nSPS) is 12.2. The van der Waals surface area contributed by atoms with Gasteiger partial charge in [0.1, 0.15) is 18.0 Å². The van der Waals surface area contributed by atoms with Crippen molar-refractivity contribution in [2.45, 2.75) is 53.2 Å². The van der Waals surface area contributed by atoms with E-state index in [4.69, 9.17) is 19.9 Å². The molecule has 2 unspecified atom stereocenters. The molecule has 0 fully saturated rings. The summed E-state index contributed by atoms with van der Waals surface area (Å²) in [4.78, 5) is 25.7. The van der Waals surface area contributed by atoms with Gasteiger partial charge in [0, 0.05) is 18.7 Å². The average molecular weight is 433 g/mol. The lowest BCUT2D eigenvalue weighted by molar-refractivity contribution is -0.156. The third-order valence-corrected chi connectivity index (χ3v) is 4.36. The van der Waals surface area contributed by atoms with Crippen LogP contribution in [0.5, 0.6) is 17.2 Å². The standard InChI is InChI=1S/C16H24O3.C7H8N2O3/c1-6-15(17)19-16(11(2)3)13(5)18-14-9-7-12(4)8-10-14;1-12-4-2-3-9-5(6(4)10)7(8)11/h7-11,13,16H,6H2,1-5H3;2-3,10H,1H3,(H2,8,11). The third kappa shape index (κ3) is 8.16. The van der Waals surface area contributed by atoms with E-state index in [2.05, 4.69) is 4.98 Å². The Hall–Kier alpha value is -3.29. The molecule has 0 spiro atoms. The highest BCUT2D eigenvalue weighted by Crippen LogP contribution is 2.26. The smallest absolute Gasteiger partial charge is 0.305 e. The van der Waals surface area contributed by atoms with Gasteiger partial charge in [0.25, 0.3) is 5.91 Å². The van der Waals surface area contributed by atoms with Gasteiger partial charge in [-0.15, -0.1) is 0 Å². The van der Waals surface area contributed by atoms with E-state index in [1.165, 1.54) is 24.9 Å². The molecule has 0 saturated heterocycles. The number of aromatic hydroxyl groups is 1. The van der Waals surface area contributed by atoms with Crippen molar-refractivity contribution in [1.82, 2.24) is 4.98 Å². The van der Waals surface area contributed by atoms with Crippen LogP contribution in [0.1, 0.15) is 50.2 Å². The first kappa shape index (κ1) is 25.7. The predicted octanol–water partition coefficient (Wildman–Crippen LogP) is 3.63. The number of hydrogen-bond acceptors (Lipinski definition) is 7. The summed E-state index contributed by atoms with van der Waals surface area (Å²) in [5.74, 6) is -0.0944. The second-order valence-electron chi connectivity index (χ2n) is 7.26. The fraction of sp³-hybridized carbons (Fsp3) is 0.435. The molecule has 3 N–H and O–H groups in total. The molecule has 2 aromatic rings. The first-order chi connectivity index (χ1) is 14.6. The van der Waals surface area contributed by atoms with Gasteiger partial charge in [-0.25, -0.2) is 4.98 Å². The molecule has 8 nitrogen and oxygen atoms in total. The molecule has 2 rings (SSSR count). The molecule has 8 heteroatoms.